The van der Waals surface area contributed by atoms with Crippen molar-refractivity contribution in [2.75, 3.05) is 25.7 Å². The molecule has 0 aromatic heterocycles. The van der Waals surface area contributed by atoms with Gasteiger partial charge in [0.05, 0.1) is 18.5 Å². The number of ether oxygens (including phenoxy) is 1. The van der Waals surface area contributed by atoms with Crippen molar-refractivity contribution in [2.45, 2.75) is 0 Å². The number of nitrogen functional groups attached to an aromatic ring is 1. The smallest absolute Gasteiger partial charge is 0.183 e. The molecule has 1 aromatic rings. The molecule has 5 nitrogen and oxygen atoms in total. The van der Waals surface area contributed by atoms with Crippen LogP contribution in [0.5, 0.6) is 0 Å². The largest absolute Gasteiger partial charge is 0.393 e. The number of rotatable bonds is 6. The number of hydrogen-bond acceptors (Lipinski definition) is 5. The molecule has 1 rings (SSSR count). The first-order valence-electron chi connectivity index (χ1n) is 4.79. The van der Waals surface area contributed by atoms with E-state index in [2.05, 4.69) is 5.16 Å². The van der Waals surface area contributed by atoms with Gasteiger partial charge >= 0.3 is 0 Å². The number of anilines is 1. The van der Waals surface area contributed by atoms with Gasteiger partial charge in [-0.05, 0) is 12.1 Å². The molecule has 0 radical (unpaired) electrons. The molecule has 0 heterocycles. The summed E-state index contributed by atoms with van der Waals surface area (Å²) in [4.78, 5) is 4.74. The van der Waals surface area contributed by atoms with Gasteiger partial charge in [0.1, 0.15) is 6.61 Å². The van der Waals surface area contributed by atoms with Gasteiger partial charge < -0.3 is 15.0 Å². The van der Waals surface area contributed by atoms with Gasteiger partial charge in [-0.3, -0.25) is 5.84 Å². The minimum absolute atomic E-state index is 0.0288. The van der Waals surface area contributed by atoms with E-state index in [0.29, 0.717) is 6.61 Å². The fraction of sp³-hybridized carbons (Fsp3) is 0.300. The first-order chi connectivity index (χ1) is 8.20. The van der Waals surface area contributed by atoms with Gasteiger partial charge in [-0.25, -0.2) is 8.78 Å². The number of nitrogens with zero attached hydrogens (tertiary/aromatic N) is 1. The zero-order valence-electron chi connectivity index (χ0n) is 9.24. The number of nitrogens with one attached hydrogen (secondary N) is 1. The molecule has 0 aliphatic heterocycles. The Labute approximate surface area is 97.2 Å². The second-order valence-corrected chi connectivity index (χ2v) is 3.04. The molecule has 0 unspecified atom stereocenters. The molecule has 17 heavy (non-hydrogen) atoms. The van der Waals surface area contributed by atoms with E-state index in [4.69, 9.17) is 15.4 Å². The van der Waals surface area contributed by atoms with Gasteiger partial charge in [-0.2, -0.15) is 0 Å². The molecular formula is C10H13F2N3O2. The van der Waals surface area contributed by atoms with Gasteiger partial charge in [0.2, 0.25) is 0 Å². The van der Waals surface area contributed by atoms with Crippen LogP contribution in [0.25, 0.3) is 0 Å². The Hall–Kier alpha value is -1.73. The third-order valence-electron chi connectivity index (χ3n) is 1.91. The molecule has 0 fully saturated rings. The summed E-state index contributed by atoms with van der Waals surface area (Å²) < 4.78 is 31.3. The molecule has 94 valence electrons. The summed E-state index contributed by atoms with van der Waals surface area (Å²) in [5, 5.41) is 3.47. The Balaban J connectivity index is 2.69. The average Bonchev–Trinajstić information content (AvgIpc) is 2.34. The third-order valence-corrected chi connectivity index (χ3v) is 1.91. The molecule has 0 spiro atoms. The Morgan fingerprint density at radius 3 is 2.76 bits per heavy atom. The first kappa shape index (κ1) is 13.3. The lowest BCUT2D eigenvalue weighted by Crippen LogP contribution is -2.10. The van der Waals surface area contributed by atoms with Crippen LogP contribution >= 0.6 is 0 Å². The van der Waals surface area contributed by atoms with Crippen molar-refractivity contribution in [1.82, 2.24) is 0 Å². The Kier molecular flexibility index (Phi) is 5.31. The standard InChI is InChI=1S/C10H13F2N3O2/c1-16-4-5-17-14-6-7-2-3-8(15-13)10(12)9(7)11/h2-3,6,15H,4-5,13H2,1H3/b14-6+. The van der Waals surface area contributed by atoms with E-state index in [0.717, 1.165) is 6.21 Å². The lowest BCUT2D eigenvalue weighted by molar-refractivity contribution is 0.0759. The first-order valence-corrected chi connectivity index (χ1v) is 4.79. The van der Waals surface area contributed by atoms with Crippen LogP contribution in [0.4, 0.5) is 14.5 Å². The van der Waals surface area contributed by atoms with Gasteiger partial charge in [0, 0.05) is 12.7 Å². The molecule has 0 atom stereocenters. The molecule has 0 saturated carbocycles. The Morgan fingerprint density at radius 1 is 1.35 bits per heavy atom. The zero-order valence-corrected chi connectivity index (χ0v) is 9.24. The SMILES string of the molecule is COCCO/N=C/c1ccc(NN)c(F)c1F. The van der Waals surface area contributed by atoms with Crippen LogP contribution in [-0.4, -0.2) is 26.5 Å². The molecule has 7 heteroatoms. The molecule has 0 saturated heterocycles. The van der Waals surface area contributed by atoms with Crippen molar-refractivity contribution < 1.29 is 18.4 Å². The van der Waals surface area contributed by atoms with Crippen molar-refractivity contribution in [1.29, 1.82) is 0 Å². The monoisotopic (exact) mass is 245 g/mol. The number of oxime groups is 1. The number of nitrogens with two attached hydrogens (primary N) is 1. The van der Waals surface area contributed by atoms with Gasteiger partial charge in [0.25, 0.3) is 0 Å². The van der Waals surface area contributed by atoms with Gasteiger partial charge in [-0.15, -0.1) is 0 Å². The van der Waals surface area contributed by atoms with Crippen molar-refractivity contribution in [2.24, 2.45) is 11.0 Å². The lowest BCUT2D eigenvalue weighted by atomic mass is 10.2. The van der Waals surface area contributed by atoms with Gasteiger partial charge in [-0.1, -0.05) is 5.16 Å². The summed E-state index contributed by atoms with van der Waals surface area (Å²) in [6, 6.07) is 2.63. The highest BCUT2D eigenvalue weighted by molar-refractivity contribution is 5.80. The van der Waals surface area contributed by atoms with E-state index < -0.39 is 11.6 Å². The zero-order chi connectivity index (χ0) is 12.7. The number of halogens is 2. The van der Waals surface area contributed by atoms with Crippen molar-refractivity contribution in [3.63, 3.8) is 0 Å². The molecule has 0 aliphatic rings. The predicted octanol–water partition coefficient (Wildman–Crippen LogP) is 1.25. The molecule has 0 amide bonds. The molecular weight excluding hydrogens is 232 g/mol. The highest BCUT2D eigenvalue weighted by Crippen LogP contribution is 2.18. The summed E-state index contributed by atoms with van der Waals surface area (Å²) in [5.41, 5.74) is 1.89. The summed E-state index contributed by atoms with van der Waals surface area (Å²) in [5.74, 6) is 2.89. The van der Waals surface area contributed by atoms with E-state index >= 15 is 0 Å². The molecule has 1 aromatic carbocycles. The highest BCUT2D eigenvalue weighted by Gasteiger charge is 2.11. The second kappa shape index (κ2) is 6.77. The maximum atomic E-state index is 13.4. The summed E-state index contributed by atoms with van der Waals surface area (Å²) in [7, 11) is 1.51. The fourth-order valence-corrected chi connectivity index (χ4v) is 1.04. The van der Waals surface area contributed by atoms with Crippen molar-refractivity contribution in [3.8, 4) is 0 Å². The van der Waals surface area contributed by atoms with Crippen LogP contribution in [0.2, 0.25) is 0 Å². The Bertz CT molecular complexity index is 399. The fourth-order valence-electron chi connectivity index (χ4n) is 1.04. The minimum atomic E-state index is -1.06. The molecule has 3 N–H and O–H groups in total. The highest BCUT2D eigenvalue weighted by atomic mass is 19.2. The molecule has 0 aliphatic carbocycles. The van der Waals surface area contributed by atoms with Crippen LogP contribution in [-0.2, 0) is 9.57 Å². The summed E-state index contributed by atoms with van der Waals surface area (Å²) >= 11 is 0. The van der Waals surface area contributed by atoms with E-state index in [1.807, 2.05) is 5.43 Å². The van der Waals surface area contributed by atoms with E-state index in [-0.39, 0.29) is 17.9 Å². The average molecular weight is 245 g/mol. The quantitative estimate of drug-likeness (QED) is 0.342. The number of hydrazine groups is 1. The Morgan fingerprint density at radius 2 is 2.12 bits per heavy atom. The van der Waals surface area contributed by atoms with Crippen LogP contribution in [0, 0.1) is 11.6 Å². The number of benzene rings is 1. The number of methoxy groups -OCH3 is 1. The van der Waals surface area contributed by atoms with Gasteiger partial charge in [0.15, 0.2) is 11.6 Å². The van der Waals surface area contributed by atoms with Crippen LogP contribution in [0.15, 0.2) is 17.3 Å². The van der Waals surface area contributed by atoms with Crippen LogP contribution < -0.4 is 11.3 Å². The van der Waals surface area contributed by atoms with E-state index in [1.54, 1.807) is 0 Å². The maximum Gasteiger partial charge on any atom is 0.183 e. The predicted molar refractivity (Wildman–Crippen MR) is 59.6 cm³/mol. The summed E-state index contributed by atoms with van der Waals surface area (Å²) in [6.45, 7) is 0.601. The summed E-state index contributed by atoms with van der Waals surface area (Å²) in [6.07, 6.45) is 1.08. The molecule has 0 bridgehead atoms. The minimum Gasteiger partial charge on any atom is -0.393 e. The van der Waals surface area contributed by atoms with Crippen LogP contribution in [0.3, 0.4) is 0 Å². The lowest BCUT2D eigenvalue weighted by Gasteiger charge is -2.04. The third kappa shape index (κ3) is 3.65. The maximum absolute atomic E-state index is 13.4. The number of hydrogen-bond donors (Lipinski definition) is 2. The van der Waals surface area contributed by atoms with Crippen molar-refractivity contribution in [3.05, 3.63) is 29.3 Å². The van der Waals surface area contributed by atoms with Crippen LogP contribution in [0.1, 0.15) is 5.56 Å². The van der Waals surface area contributed by atoms with E-state index in [9.17, 15) is 8.78 Å². The van der Waals surface area contributed by atoms with E-state index in [1.165, 1.54) is 19.2 Å². The topological polar surface area (TPSA) is 68.9 Å². The normalized spacial score (nSPS) is 10.8. The van der Waals surface area contributed by atoms with Crippen molar-refractivity contribution >= 4 is 11.9 Å². The second-order valence-electron chi connectivity index (χ2n) is 3.04.